The first-order valence-electron chi connectivity index (χ1n) is 15.0. The summed E-state index contributed by atoms with van der Waals surface area (Å²) in [6, 6.07) is 18.0. The highest BCUT2D eigenvalue weighted by Crippen LogP contribution is 2.23. The molecule has 1 atom stereocenters. The zero-order valence-electron chi connectivity index (χ0n) is 25.1. The smallest absolute Gasteiger partial charge is 0.331 e. The highest BCUT2D eigenvalue weighted by atomic mass is 19.1. The zero-order valence-corrected chi connectivity index (χ0v) is 25.1. The number of amides is 2. The minimum atomic E-state index is -0.473. The van der Waals surface area contributed by atoms with Gasteiger partial charge in [0.1, 0.15) is 5.82 Å². The van der Waals surface area contributed by atoms with Crippen molar-refractivity contribution < 1.29 is 13.9 Å². The Morgan fingerprint density at radius 3 is 2.30 bits per heavy atom. The molecule has 44 heavy (non-hydrogen) atoms. The number of nitrogens with one attached hydrogen (secondary N) is 3. The number of piperidine rings is 1. The van der Waals surface area contributed by atoms with E-state index >= 15 is 0 Å². The van der Waals surface area contributed by atoms with Gasteiger partial charge in [-0.05, 0) is 93.0 Å². The van der Waals surface area contributed by atoms with Crippen molar-refractivity contribution in [2.45, 2.75) is 45.3 Å². The number of rotatable bonds is 11. The SMILES string of the molecule is COCCn1c(=O)c2cc(NC(=O)Nc3cccc(C(C)Nc4ccc(F)cc4)c3)ccc2n(CCN2CCCCC2)c1=O. The Morgan fingerprint density at radius 2 is 1.57 bits per heavy atom. The van der Waals surface area contributed by atoms with Crippen LogP contribution in [0.1, 0.15) is 37.8 Å². The molecule has 0 spiro atoms. The van der Waals surface area contributed by atoms with Gasteiger partial charge in [-0.25, -0.2) is 14.0 Å². The monoisotopic (exact) mass is 602 g/mol. The van der Waals surface area contributed by atoms with Crippen LogP contribution in [0, 0.1) is 5.82 Å². The summed E-state index contributed by atoms with van der Waals surface area (Å²) in [6.07, 6.45) is 3.52. The zero-order chi connectivity index (χ0) is 31.1. The summed E-state index contributed by atoms with van der Waals surface area (Å²) in [7, 11) is 1.53. The molecule has 2 amide bonds. The lowest BCUT2D eigenvalue weighted by Gasteiger charge is -2.27. The van der Waals surface area contributed by atoms with E-state index in [2.05, 4.69) is 20.9 Å². The normalized spacial score (nSPS) is 14.3. The Kier molecular flexibility index (Phi) is 10.1. The van der Waals surface area contributed by atoms with Crippen LogP contribution in [0.2, 0.25) is 0 Å². The van der Waals surface area contributed by atoms with Gasteiger partial charge in [0.15, 0.2) is 0 Å². The van der Waals surface area contributed by atoms with Crippen LogP contribution in [0.5, 0.6) is 0 Å². The Morgan fingerprint density at radius 1 is 0.864 bits per heavy atom. The van der Waals surface area contributed by atoms with Crippen molar-refractivity contribution in [3.8, 4) is 0 Å². The molecule has 3 aromatic carbocycles. The lowest BCUT2D eigenvalue weighted by atomic mass is 10.1. The molecule has 0 radical (unpaired) electrons. The number of benzene rings is 3. The third kappa shape index (κ3) is 7.53. The Labute approximate surface area is 255 Å². The predicted molar refractivity (Wildman–Crippen MR) is 172 cm³/mol. The summed E-state index contributed by atoms with van der Waals surface area (Å²) in [5.41, 5.74) is 2.47. The number of fused-ring (bicyclic) bond motifs is 1. The molecule has 5 rings (SSSR count). The number of hydrogen-bond acceptors (Lipinski definition) is 6. The summed E-state index contributed by atoms with van der Waals surface area (Å²) in [6.45, 7) is 5.53. The van der Waals surface area contributed by atoms with Gasteiger partial charge in [0.25, 0.3) is 5.56 Å². The number of halogens is 1. The molecule has 0 aliphatic carbocycles. The van der Waals surface area contributed by atoms with Gasteiger partial charge >= 0.3 is 11.7 Å². The van der Waals surface area contributed by atoms with Gasteiger partial charge in [-0.2, -0.15) is 0 Å². The molecule has 3 N–H and O–H groups in total. The second kappa shape index (κ2) is 14.3. The third-order valence-corrected chi connectivity index (χ3v) is 7.96. The number of carbonyl (C=O) groups is 1. The van der Waals surface area contributed by atoms with E-state index in [1.165, 1.54) is 30.2 Å². The van der Waals surface area contributed by atoms with Crippen molar-refractivity contribution in [2.24, 2.45) is 0 Å². The molecule has 4 aromatic rings. The molecule has 0 saturated carbocycles. The van der Waals surface area contributed by atoms with Crippen LogP contribution in [-0.2, 0) is 17.8 Å². The maximum Gasteiger partial charge on any atom is 0.331 e. The molecule has 232 valence electrons. The topological polar surface area (TPSA) is 110 Å². The van der Waals surface area contributed by atoms with E-state index in [1.807, 2.05) is 25.1 Å². The summed E-state index contributed by atoms with van der Waals surface area (Å²) < 4.78 is 21.3. The van der Waals surface area contributed by atoms with Gasteiger partial charge in [0.2, 0.25) is 0 Å². The lowest BCUT2D eigenvalue weighted by Crippen LogP contribution is -2.43. The number of aromatic nitrogens is 2. The fourth-order valence-electron chi connectivity index (χ4n) is 5.58. The van der Waals surface area contributed by atoms with Gasteiger partial charge in [0, 0.05) is 43.3 Å². The number of urea groups is 1. The molecule has 11 heteroatoms. The number of nitrogens with zero attached hydrogens (tertiary/aromatic N) is 3. The van der Waals surface area contributed by atoms with E-state index in [9.17, 15) is 18.8 Å². The second-order valence-electron chi connectivity index (χ2n) is 11.1. The van der Waals surface area contributed by atoms with E-state index in [0.717, 1.165) is 43.7 Å². The first kappa shape index (κ1) is 31.0. The maximum absolute atomic E-state index is 13.4. The van der Waals surface area contributed by atoms with Gasteiger partial charge in [0.05, 0.1) is 24.1 Å². The summed E-state index contributed by atoms with van der Waals surface area (Å²) in [5, 5.41) is 9.33. The molecular weight excluding hydrogens is 563 g/mol. The highest BCUT2D eigenvalue weighted by molar-refractivity contribution is 6.01. The van der Waals surface area contributed by atoms with Crippen molar-refractivity contribution in [3.63, 3.8) is 0 Å². The van der Waals surface area contributed by atoms with Gasteiger partial charge in [-0.15, -0.1) is 0 Å². The van der Waals surface area contributed by atoms with Gasteiger partial charge in [-0.1, -0.05) is 18.6 Å². The fraction of sp³-hybridized carbons (Fsp3) is 0.364. The molecular formula is C33H39FN6O4. The van der Waals surface area contributed by atoms with Crippen LogP contribution in [0.25, 0.3) is 10.9 Å². The van der Waals surface area contributed by atoms with Gasteiger partial charge in [-0.3, -0.25) is 13.9 Å². The molecule has 1 aliphatic heterocycles. The average molecular weight is 603 g/mol. The largest absolute Gasteiger partial charge is 0.383 e. The molecule has 1 saturated heterocycles. The van der Waals surface area contributed by atoms with Crippen molar-refractivity contribution in [3.05, 3.63) is 98.9 Å². The first-order chi connectivity index (χ1) is 21.3. The quantitative estimate of drug-likeness (QED) is 0.216. The molecule has 0 bridgehead atoms. The number of likely N-dealkylation sites (tertiary alicyclic amines) is 1. The maximum atomic E-state index is 13.4. The van der Waals surface area contributed by atoms with Crippen LogP contribution in [0.15, 0.2) is 76.3 Å². The molecule has 1 unspecified atom stereocenters. The number of ether oxygens (including phenoxy) is 1. The first-order valence-corrected chi connectivity index (χ1v) is 15.0. The standard InChI is InChI=1S/C33H39FN6O4/c1-23(35-26-11-9-25(34)10-12-26)24-7-6-8-27(21-24)36-32(42)37-28-13-14-30-29(22-28)31(41)40(19-20-44-2)33(43)39(30)18-17-38-15-4-3-5-16-38/h6-14,21-23,35H,3-5,15-20H2,1-2H3,(H2,36,37,42). The molecule has 1 fully saturated rings. The van der Waals surface area contributed by atoms with E-state index in [-0.39, 0.29) is 30.7 Å². The third-order valence-electron chi connectivity index (χ3n) is 7.96. The lowest BCUT2D eigenvalue weighted by molar-refractivity contribution is 0.183. The van der Waals surface area contributed by atoms with E-state index in [0.29, 0.717) is 28.8 Å². The highest BCUT2D eigenvalue weighted by Gasteiger charge is 2.17. The minimum Gasteiger partial charge on any atom is -0.383 e. The molecule has 10 nitrogen and oxygen atoms in total. The molecule has 1 aliphatic rings. The summed E-state index contributed by atoms with van der Waals surface area (Å²) in [5.74, 6) is -0.300. The summed E-state index contributed by atoms with van der Waals surface area (Å²) >= 11 is 0. The van der Waals surface area contributed by atoms with E-state index < -0.39 is 11.6 Å². The van der Waals surface area contributed by atoms with Crippen molar-refractivity contribution >= 4 is 34.0 Å². The van der Waals surface area contributed by atoms with Crippen LogP contribution in [0.3, 0.4) is 0 Å². The minimum absolute atomic E-state index is 0.0986. The van der Waals surface area contributed by atoms with Crippen molar-refractivity contribution in [1.29, 1.82) is 0 Å². The van der Waals surface area contributed by atoms with Crippen LogP contribution >= 0.6 is 0 Å². The van der Waals surface area contributed by atoms with Crippen molar-refractivity contribution in [1.82, 2.24) is 14.0 Å². The van der Waals surface area contributed by atoms with Crippen molar-refractivity contribution in [2.75, 3.05) is 49.3 Å². The molecule has 2 heterocycles. The second-order valence-corrected chi connectivity index (χ2v) is 11.1. The van der Waals surface area contributed by atoms with Gasteiger partial charge < -0.3 is 25.6 Å². The van der Waals surface area contributed by atoms with Crippen LogP contribution in [-0.4, -0.2) is 53.4 Å². The number of hydrogen-bond donors (Lipinski definition) is 3. The Hall–Kier alpha value is -4.48. The van der Waals surface area contributed by atoms with Crippen LogP contribution < -0.4 is 27.2 Å². The Balaban J connectivity index is 1.33. The Bertz CT molecular complexity index is 1710. The predicted octanol–water partition coefficient (Wildman–Crippen LogP) is 5.25. The number of anilines is 3. The van der Waals surface area contributed by atoms with E-state index in [4.69, 9.17) is 4.74 Å². The molecule has 1 aromatic heterocycles. The van der Waals surface area contributed by atoms with Crippen LogP contribution in [0.4, 0.5) is 26.2 Å². The fourth-order valence-corrected chi connectivity index (χ4v) is 5.58. The number of methoxy groups -OCH3 is 1. The van der Waals surface area contributed by atoms with E-state index in [1.54, 1.807) is 41.0 Å². The summed E-state index contributed by atoms with van der Waals surface area (Å²) in [4.78, 5) is 42.1. The average Bonchev–Trinajstić information content (AvgIpc) is 3.03. The number of carbonyl (C=O) groups excluding carboxylic acids is 1.